The Morgan fingerprint density at radius 3 is 0.865 bits per heavy atom. The number of esters is 2. The number of hydrogen-bond donors (Lipinski definition) is 0. The second-order valence-electron chi connectivity index (χ2n) is 18.2. The molecule has 0 aliphatic carbocycles. The Bertz CT molecular complexity index is 2820. The second-order valence-corrected chi connectivity index (χ2v) is 24.5. The zero-order chi connectivity index (χ0) is 54.7. The molecule has 0 amide bonds. The minimum atomic E-state index is -4.32. The average molecular weight is 1090 g/mol. The van der Waals surface area contributed by atoms with E-state index in [1.165, 1.54) is 13.8 Å². The predicted molar refractivity (Wildman–Crippen MR) is 298 cm³/mol. The summed E-state index contributed by atoms with van der Waals surface area (Å²) < 4.78 is 83.2. The highest BCUT2D eigenvalue weighted by Gasteiger charge is 2.43. The predicted octanol–water partition coefficient (Wildman–Crippen LogP) is 11.1. The van der Waals surface area contributed by atoms with Gasteiger partial charge in [0, 0.05) is 43.0 Å². The number of benzene rings is 6. The van der Waals surface area contributed by atoms with Crippen molar-refractivity contribution in [3.63, 3.8) is 0 Å². The van der Waals surface area contributed by atoms with Crippen LogP contribution in [0.15, 0.2) is 72.8 Å². The standard InChI is InChI=1S/C58H66Cl2O12P2/c1-17-69-57(61)39(11)71-55-45(59)19-21-47(73(63,41-23-31(3)51(65-13)32(4)24-41)42-25-33(5)52(66-14)34(6)26-42)49(55)50-48(22-20-46(60)56(50)72-40(12)58(62)70-18-2)74(64,43-27-35(7)53(67-15)36(8)28-43)44-29-37(9)54(68-16)38(10)30-44/h19-30,39-40H,17-18H2,1-16H3/t39-,40?/m0/s1. The molecule has 6 aromatic rings. The zero-order valence-electron chi connectivity index (χ0n) is 45.0. The Morgan fingerprint density at radius 2 is 0.662 bits per heavy atom. The molecule has 0 bridgehead atoms. The molecule has 0 radical (unpaired) electrons. The van der Waals surface area contributed by atoms with Gasteiger partial charge in [-0.05, 0) is 200 Å². The molecule has 1 unspecified atom stereocenters. The molecule has 74 heavy (non-hydrogen) atoms. The molecular weight excluding hydrogens is 1020 g/mol. The maximum absolute atomic E-state index is 17.7. The van der Waals surface area contributed by atoms with E-state index in [2.05, 4.69) is 0 Å². The number of hydrogen-bond acceptors (Lipinski definition) is 12. The topological polar surface area (TPSA) is 142 Å². The minimum Gasteiger partial charge on any atom is -0.496 e. The Labute approximate surface area is 445 Å². The largest absolute Gasteiger partial charge is 0.496 e. The summed E-state index contributed by atoms with van der Waals surface area (Å²) in [4.78, 5) is 27.4. The summed E-state index contributed by atoms with van der Waals surface area (Å²) in [7, 11) is -2.34. The average Bonchev–Trinajstić information content (AvgIpc) is 3.34. The van der Waals surface area contributed by atoms with Crippen LogP contribution in [-0.4, -0.2) is 65.8 Å². The van der Waals surface area contributed by atoms with Crippen LogP contribution in [0.3, 0.4) is 0 Å². The molecule has 6 rings (SSSR count). The minimum absolute atomic E-state index is 0.0157. The lowest BCUT2D eigenvalue weighted by Crippen LogP contribution is -2.33. The van der Waals surface area contributed by atoms with E-state index in [4.69, 9.17) is 61.1 Å². The summed E-state index contributed by atoms with van der Waals surface area (Å²) in [6, 6.07) is 20.9. The van der Waals surface area contributed by atoms with Crippen LogP contribution < -0.4 is 60.2 Å². The van der Waals surface area contributed by atoms with Crippen LogP contribution in [0.5, 0.6) is 34.5 Å². The molecule has 394 valence electrons. The van der Waals surface area contributed by atoms with Crippen LogP contribution in [0.1, 0.15) is 72.2 Å². The molecule has 6 aromatic carbocycles. The number of methoxy groups -OCH3 is 4. The molecule has 0 heterocycles. The van der Waals surface area contributed by atoms with E-state index in [1.54, 1.807) is 66.6 Å². The summed E-state index contributed by atoms with van der Waals surface area (Å²) in [6.45, 7) is 21.4. The van der Waals surface area contributed by atoms with Gasteiger partial charge in [-0.1, -0.05) is 23.2 Å². The van der Waals surface area contributed by atoms with Crippen molar-refractivity contribution in [1.82, 2.24) is 0 Å². The quantitative estimate of drug-likeness (QED) is 0.0563. The monoisotopic (exact) mass is 1090 g/mol. The first-order valence-corrected chi connectivity index (χ1v) is 28.3. The van der Waals surface area contributed by atoms with E-state index in [-0.39, 0.29) is 56.5 Å². The lowest BCUT2D eigenvalue weighted by molar-refractivity contribution is -0.151. The molecule has 0 aromatic heterocycles. The van der Waals surface area contributed by atoms with Crippen LogP contribution in [0.25, 0.3) is 11.1 Å². The number of rotatable bonds is 19. The molecule has 0 aliphatic heterocycles. The van der Waals surface area contributed by atoms with Crippen molar-refractivity contribution in [2.24, 2.45) is 0 Å². The Balaban J connectivity index is 2.00. The molecule has 0 saturated heterocycles. The fourth-order valence-electron chi connectivity index (χ4n) is 9.88. The van der Waals surface area contributed by atoms with E-state index in [0.717, 1.165) is 0 Å². The fraction of sp³-hybridized carbons (Fsp3) is 0.345. The Morgan fingerprint density at radius 1 is 0.432 bits per heavy atom. The van der Waals surface area contributed by atoms with Gasteiger partial charge in [-0.3, -0.25) is 0 Å². The van der Waals surface area contributed by atoms with Crippen molar-refractivity contribution in [3.8, 4) is 45.6 Å². The molecule has 16 heteroatoms. The lowest BCUT2D eigenvalue weighted by atomic mass is 10.0. The van der Waals surface area contributed by atoms with Gasteiger partial charge in [-0.2, -0.15) is 0 Å². The van der Waals surface area contributed by atoms with Gasteiger partial charge in [0.05, 0.1) is 51.7 Å². The van der Waals surface area contributed by atoms with Crippen molar-refractivity contribution in [3.05, 3.63) is 127 Å². The smallest absolute Gasteiger partial charge is 0.347 e. The molecule has 0 aliphatic rings. The van der Waals surface area contributed by atoms with E-state index in [9.17, 15) is 9.59 Å². The molecular formula is C58H66Cl2O12P2. The molecule has 12 nitrogen and oxygen atoms in total. The summed E-state index contributed by atoms with van der Waals surface area (Å²) in [6.07, 6.45) is -2.62. The van der Waals surface area contributed by atoms with Crippen LogP contribution >= 0.6 is 37.5 Å². The van der Waals surface area contributed by atoms with Gasteiger partial charge < -0.3 is 47.0 Å². The SMILES string of the molecule is CCOC(=O)C(C)Oc1c(Cl)ccc(P(=O)(c2cc(C)c(OC)c(C)c2)c2cc(C)c(OC)c(C)c2)c1-c1c(P(=O)(c2cc(C)c(OC)c(C)c2)c2cc(C)c(OC)c(C)c2)ccc(Cl)c1O[C@@H](C)C(=O)OCC. The van der Waals surface area contributed by atoms with Crippen molar-refractivity contribution in [1.29, 1.82) is 0 Å². The normalized spacial score (nSPS) is 12.4. The third-order valence-corrected chi connectivity index (χ3v) is 19.6. The van der Waals surface area contributed by atoms with Gasteiger partial charge >= 0.3 is 11.9 Å². The van der Waals surface area contributed by atoms with Crippen LogP contribution in [0.2, 0.25) is 10.0 Å². The Hall–Kier alpha value is -5.90. The lowest BCUT2D eigenvalue weighted by Gasteiger charge is -2.31. The Kier molecular flexibility index (Phi) is 18.1. The highest BCUT2D eigenvalue weighted by Crippen LogP contribution is 2.56. The number of halogens is 2. The third-order valence-electron chi connectivity index (χ3n) is 13.0. The molecule has 0 spiro atoms. The second kappa shape index (κ2) is 23.3. The number of ether oxygens (including phenoxy) is 8. The third kappa shape index (κ3) is 10.7. The van der Waals surface area contributed by atoms with E-state index in [0.29, 0.717) is 88.7 Å². The van der Waals surface area contributed by atoms with Gasteiger partial charge in [-0.25, -0.2) is 9.59 Å². The van der Waals surface area contributed by atoms with E-state index < -0.39 is 38.4 Å². The molecule has 0 saturated carbocycles. The maximum Gasteiger partial charge on any atom is 0.347 e. The molecule has 0 N–H and O–H groups in total. The maximum atomic E-state index is 17.7. The van der Waals surface area contributed by atoms with E-state index >= 15 is 9.13 Å². The fourth-order valence-corrected chi connectivity index (χ4v) is 16.6. The first-order valence-electron chi connectivity index (χ1n) is 24.1. The first-order chi connectivity index (χ1) is 35.0. The highest BCUT2D eigenvalue weighted by molar-refractivity contribution is 7.86. The van der Waals surface area contributed by atoms with Gasteiger partial charge in [-0.15, -0.1) is 0 Å². The van der Waals surface area contributed by atoms with Crippen molar-refractivity contribution in [2.75, 3.05) is 41.7 Å². The van der Waals surface area contributed by atoms with Crippen molar-refractivity contribution in [2.45, 2.75) is 95.3 Å². The summed E-state index contributed by atoms with van der Waals surface area (Å²) in [5.74, 6) is 0.687. The number of aryl methyl sites for hydroxylation is 8. The van der Waals surface area contributed by atoms with Gasteiger partial charge in [0.25, 0.3) is 0 Å². The summed E-state index contributed by atoms with van der Waals surface area (Å²) >= 11 is 14.8. The molecule has 2 atom stereocenters. The summed E-state index contributed by atoms with van der Waals surface area (Å²) in [5, 5.41) is 1.79. The van der Waals surface area contributed by atoms with Crippen molar-refractivity contribution < 1.29 is 56.6 Å². The highest BCUT2D eigenvalue weighted by atomic mass is 35.5. The van der Waals surface area contributed by atoms with Gasteiger partial charge in [0.2, 0.25) is 0 Å². The first kappa shape index (κ1) is 57.4. The zero-order valence-corrected chi connectivity index (χ0v) is 48.3. The van der Waals surface area contributed by atoms with Crippen molar-refractivity contribution >= 4 is 81.3 Å². The van der Waals surface area contributed by atoms with Crippen LogP contribution in [-0.2, 0) is 28.2 Å². The van der Waals surface area contributed by atoms with Gasteiger partial charge in [0.1, 0.15) is 34.5 Å². The van der Waals surface area contributed by atoms with Crippen LogP contribution in [0, 0.1) is 55.4 Å². The van der Waals surface area contributed by atoms with Gasteiger partial charge in [0.15, 0.2) is 26.5 Å². The summed E-state index contributed by atoms with van der Waals surface area (Å²) in [5.41, 5.74) is 5.61. The van der Waals surface area contributed by atoms with Crippen LogP contribution in [0.4, 0.5) is 0 Å². The molecule has 0 fully saturated rings. The number of carbonyl (C=O) groups excluding carboxylic acids is 2. The van der Waals surface area contributed by atoms with E-state index in [1.807, 2.05) is 104 Å². The number of carbonyl (C=O) groups is 2.